The van der Waals surface area contributed by atoms with Gasteiger partial charge in [-0.15, -0.1) is 0 Å². The maximum absolute atomic E-state index is 11.8. The van der Waals surface area contributed by atoms with Crippen molar-refractivity contribution in [3.63, 3.8) is 0 Å². The standard InChI is InChI=1S/C14H28N2O3/c1-6-9(2)11(15)12(17)16-8-10(13(18)19)7-14(3,4)5/h9-11H,6-8,15H2,1-5H3,(H,16,17)(H,18,19)/t9-,10?,11-/m0/s1. The predicted octanol–water partition coefficient (Wildman–Crippen LogP) is 1.61. The van der Waals surface area contributed by atoms with Gasteiger partial charge in [0, 0.05) is 6.54 Å². The normalized spacial score (nSPS) is 16.5. The summed E-state index contributed by atoms with van der Waals surface area (Å²) in [6.07, 6.45) is 1.33. The molecule has 1 unspecified atom stereocenters. The van der Waals surface area contributed by atoms with E-state index >= 15 is 0 Å². The number of hydrogen-bond acceptors (Lipinski definition) is 3. The summed E-state index contributed by atoms with van der Waals surface area (Å²) in [6, 6.07) is -0.575. The van der Waals surface area contributed by atoms with E-state index in [0.29, 0.717) is 6.42 Å². The number of carbonyl (C=O) groups is 2. The van der Waals surface area contributed by atoms with E-state index in [0.717, 1.165) is 6.42 Å². The molecule has 0 aromatic rings. The van der Waals surface area contributed by atoms with Crippen LogP contribution in [0.5, 0.6) is 0 Å². The van der Waals surface area contributed by atoms with Crippen LogP contribution in [0, 0.1) is 17.3 Å². The first kappa shape index (κ1) is 17.9. The summed E-state index contributed by atoms with van der Waals surface area (Å²) < 4.78 is 0. The summed E-state index contributed by atoms with van der Waals surface area (Å²) in [6.45, 7) is 9.96. The molecule has 0 fully saturated rings. The van der Waals surface area contributed by atoms with E-state index in [4.69, 9.17) is 10.8 Å². The van der Waals surface area contributed by atoms with Gasteiger partial charge in [-0.2, -0.15) is 0 Å². The Morgan fingerprint density at radius 2 is 1.84 bits per heavy atom. The monoisotopic (exact) mass is 272 g/mol. The third kappa shape index (κ3) is 7.15. The van der Waals surface area contributed by atoms with Gasteiger partial charge in [-0.05, 0) is 17.8 Å². The van der Waals surface area contributed by atoms with Crippen molar-refractivity contribution in [3.8, 4) is 0 Å². The van der Waals surface area contributed by atoms with Crippen LogP contribution in [0.25, 0.3) is 0 Å². The highest BCUT2D eigenvalue weighted by atomic mass is 16.4. The lowest BCUT2D eigenvalue weighted by Gasteiger charge is -2.24. The molecule has 3 atom stereocenters. The Labute approximate surface area is 115 Å². The maximum Gasteiger partial charge on any atom is 0.308 e. The van der Waals surface area contributed by atoms with Crippen molar-refractivity contribution in [3.05, 3.63) is 0 Å². The number of rotatable bonds is 7. The lowest BCUT2D eigenvalue weighted by Crippen LogP contribution is -2.47. The fourth-order valence-electron chi connectivity index (χ4n) is 1.84. The molecule has 0 aromatic heterocycles. The Morgan fingerprint density at radius 1 is 1.32 bits per heavy atom. The fraction of sp³-hybridized carbons (Fsp3) is 0.857. The minimum atomic E-state index is -0.882. The number of carboxylic acids is 1. The zero-order valence-corrected chi connectivity index (χ0v) is 12.7. The first-order valence-corrected chi connectivity index (χ1v) is 6.84. The molecular formula is C14H28N2O3. The lowest BCUT2D eigenvalue weighted by molar-refractivity contribution is -0.142. The van der Waals surface area contributed by atoms with Crippen LogP contribution in [0.3, 0.4) is 0 Å². The SMILES string of the molecule is CC[C@H](C)[C@H](N)C(=O)NCC(CC(C)(C)C)C(=O)O. The fourth-order valence-corrected chi connectivity index (χ4v) is 1.84. The van der Waals surface area contributed by atoms with Crippen molar-refractivity contribution in [1.82, 2.24) is 5.32 Å². The second-order valence-corrected chi connectivity index (χ2v) is 6.46. The first-order chi connectivity index (χ1) is 8.58. The summed E-state index contributed by atoms with van der Waals surface area (Å²) in [4.78, 5) is 23.0. The second-order valence-electron chi connectivity index (χ2n) is 6.46. The molecule has 0 aliphatic carbocycles. The zero-order chi connectivity index (χ0) is 15.2. The largest absolute Gasteiger partial charge is 0.481 e. The topological polar surface area (TPSA) is 92.4 Å². The van der Waals surface area contributed by atoms with Crippen LogP contribution in [0.4, 0.5) is 0 Å². The Balaban J connectivity index is 4.41. The van der Waals surface area contributed by atoms with Crippen LogP contribution < -0.4 is 11.1 Å². The Hall–Kier alpha value is -1.10. The Bertz CT molecular complexity index is 310. The van der Waals surface area contributed by atoms with Gasteiger partial charge in [-0.25, -0.2) is 0 Å². The highest BCUT2D eigenvalue weighted by molar-refractivity contribution is 5.82. The summed E-state index contributed by atoms with van der Waals surface area (Å²) in [5, 5.41) is 11.8. The molecule has 0 aliphatic heterocycles. The zero-order valence-electron chi connectivity index (χ0n) is 12.7. The molecule has 0 spiro atoms. The van der Waals surface area contributed by atoms with Crippen LogP contribution >= 0.6 is 0 Å². The van der Waals surface area contributed by atoms with Gasteiger partial charge in [-0.3, -0.25) is 9.59 Å². The number of nitrogens with two attached hydrogens (primary N) is 1. The minimum Gasteiger partial charge on any atom is -0.481 e. The molecule has 1 amide bonds. The molecule has 5 nitrogen and oxygen atoms in total. The van der Waals surface area contributed by atoms with Crippen LogP contribution in [-0.4, -0.2) is 29.6 Å². The molecule has 0 saturated carbocycles. The van der Waals surface area contributed by atoms with Gasteiger partial charge in [-0.1, -0.05) is 41.0 Å². The number of carboxylic acid groups (broad SMARTS) is 1. The van der Waals surface area contributed by atoms with E-state index in [2.05, 4.69) is 5.32 Å². The molecule has 0 aromatic carbocycles. The molecule has 112 valence electrons. The number of carbonyl (C=O) groups excluding carboxylic acids is 1. The molecule has 0 rings (SSSR count). The average molecular weight is 272 g/mol. The predicted molar refractivity (Wildman–Crippen MR) is 75.6 cm³/mol. The van der Waals surface area contributed by atoms with Crippen molar-refractivity contribution < 1.29 is 14.7 Å². The molecule has 4 N–H and O–H groups in total. The van der Waals surface area contributed by atoms with Crippen LogP contribution in [0.1, 0.15) is 47.5 Å². The molecule has 0 saturated heterocycles. The van der Waals surface area contributed by atoms with Gasteiger partial charge in [0.2, 0.25) is 5.91 Å². The smallest absolute Gasteiger partial charge is 0.308 e. The summed E-state index contributed by atoms with van der Waals surface area (Å²) in [5.74, 6) is -1.64. The van der Waals surface area contributed by atoms with Crippen LogP contribution in [0.2, 0.25) is 0 Å². The number of hydrogen-bond donors (Lipinski definition) is 3. The molecule has 0 aliphatic rings. The summed E-state index contributed by atoms with van der Waals surface area (Å²) >= 11 is 0. The highest BCUT2D eigenvalue weighted by Gasteiger charge is 2.26. The van der Waals surface area contributed by atoms with E-state index in [1.165, 1.54) is 0 Å². The molecule has 0 radical (unpaired) electrons. The van der Waals surface area contributed by atoms with Crippen LogP contribution in [0.15, 0.2) is 0 Å². The maximum atomic E-state index is 11.8. The van der Waals surface area contributed by atoms with Gasteiger partial charge in [0.05, 0.1) is 12.0 Å². The minimum absolute atomic E-state index is 0.0888. The van der Waals surface area contributed by atoms with Crippen LogP contribution in [-0.2, 0) is 9.59 Å². The molecule has 0 bridgehead atoms. The van der Waals surface area contributed by atoms with Gasteiger partial charge in [0.25, 0.3) is 0 Å². The third-order valence-electron chi connectivity index (χ3n) is 3.29. The Morgan fingerprint density at radius 3 is 2.21 bits per heavy atom. The van der Waals surface area contributed by atoms with Crippen molar-refractivity contribution in [2.45, 2.75) is 53.5 Å². The van der Waals surface area contributed by atoms with E-state index in [1.54, 1.807) is 0 Å². The molecule has 5 heteroatoms. The summed E-state index contributed by atoms with van der Waals surface area (Å²) in [5.41, 5.74) is 5.71. The van der Waals surface area contributed by atoms with Crippen molar-refractivity contribution in [2.24, 2.45) is 23.0 Å². The average Bonchev–Trinajstić information content (AvgIpc) is 2.30. The van der Waals surface area contributed by atoms with E-state index in [-0.39, 0.29) is 23.8 Å². The number of aliphatic carboxylic acids is 1. The van der Waals surface area contributed by atoms with Gasteiger partial charge >= 0.3 is 5.97 Å². The number of amides is 1. The molecule has 0 heterocycles. The lowest BCUT2D eigenvalue weighted by atomic mass is 9.84. The van der Waals surface area contributed by atoms with Gasteiger partial charge < -0.3 is 16.2 Å². The van der Waals surface area contributed by atoms with E-state index in [1.807, 2.05) is 34.6 Å². The second kappa shape index (κ2) is 7.48. The molecular weight excluding hydrogens is 244 g/mol. The highest BCUT2D eigenvalue weighted by Crippen LogP contribution is 2.24. The van der Waals surface area contributed by atoms with Gasteiger partial charge in [0.15, 0.2) is 0 Å². The van der Waals surface area contributed by atoms with Crippen molar-refractivity contribution in [2.75, 3.05) is 6.54 Å². The van der Waals surface area contributed by atoms with E-state index < -0.39 is 17.9 Å². The first-order valence-electron chi connectivity index (χ1n) is 6.84. The molecule has 19 heavy (non-hydrogen) atoms. The van der Waals surface area contributed by atoms with Crippen molar-refractivity contribution in [1.29, 1.82) is 0 Å². The third-order valence-corrected chi connectivity index (χ3v) is 3.29. The summed E-state index contributed by atoms with van der Waals surface area (Å²) in [7, 11) is 0. The number of nitrogens with one attached hydrogen (secondary N) is 1. The quantitative estimate of drug-likeness (QED) is 0.656. The Kier molecular flexibility index (Phi) is 7.05. The van der Waals surface area contributed by atoms with E-state index in [9.17, 15) is 9.59 Å². The van der Waals surface area contributed by atoms with Crippen molar-refractivity contribution >= 4 is 11.9 Å². The van der Waals surface area contributed by atoms with Gasteiger partial charge in [0.1, 0.15) is 0 Å².